The number of sulfonamides is 2. The Labute approximate surface area is 195 Å². The van der Waals surface area contributed by atoms with Crippen LogP contribution in [0, 0.1) is 0 Å². The first-order valence-corrected chi connectivity index (χ1v) is 13.2. The topological polar surface area (TPSA) is 105 Å². The van der Waals surface area contributed by atoms with E-state index in [-0.39, 0.29) is 9.79 Å². The molecule has 3 aromatic rings. The van der Waals surface area contributed by atoms with Gasteiger partial charge in [0.2, 0.25) is 10.0 Å². The van der Waals surface area contributed by atoms with Crippen LogP contribution in [0.25, 0.3) is 0 Å². The van der Waals surface area contributed by atoms with E-state index in [1.807, 2.05) is 34.8 Å². The van der Waals surface area contributed by atoms with Crippen LogP contribution in [0.15, 0.2) is 70.8 Å². The van der Waals surface area contributed by atoms with Crippen molar-refractivity contribution in [1.82, 2.24) is 13.9 Å². The van der Waals surface area contributed by atoms with Crippen LogP contribution in [0.2, 0.25) is 0 Å². The maximum absolute atomic E-state index is 13.0. The van der Waals surface area contributed by atoms with Gasteiger partial charge in [0, 0.05) is 33.4 Å². The molecule has 0 bridgehead atoms. The molecule has 0 saturated carbocycles. The molecule has 0 amide bonds. The number of imidazole rings is 1. The maximum Gasteiger partial charge on any atom is 0.261 e. The molecule has 0 spiro atoms. The Morgan fingerprint density at radius 1 is 0.939 bits per heavy atom. The quantitative estimate of drug-likeness (QED) is 0.493. The molecule has 2 aromatic carbocycles. The van der Waals surface area contributed by atoms with E-state index in [0.717, 1.165) is 10.00 Å². The average Bonchev–Trinajstić information content (AvgIpc) is 3.22. The zero-order valence-electron chi connectivity index (χ0n) is 19.3. The second kappa shape index (κ2) is 9.54. The van der Waals surface area contributed by atoms with Gasteiger partial charge < -0.3 is 9.47 Å². The van der Waals surface area contributed by atoms with Gasteiger partial charge in [0.05, 0.1) is 39.7 Å². The Hall–Kier alpha value is -2.89. The van der Waals surface area contributed by atoms with Crippen molar-refractivity contribution in [2.45, 2.75) is 36.2 Å². The Morgan fingerprint density at radius 2 is 1.55 bits per heavy atom. The van der Waals surface area contributed by atoms with Gasteiger partial charge in [-0.3, -0.25) is 4.72 Å². The number of benzene rings is 2. The first kappa shape index (κ1) is 24.7. The fourth-order valence-corrected chi connectivity index (χ4v) is 5.15. The number of nitrogens with one attached hydrogen (secondary N) is 1. The van der Waals surface area contributed by atoms with Gasteiger partial charge in [-0.25, -0.2) is 26.1 Å². The smallest absolute Gasteiger partial charge is 0.261 e. The molecule has 1 aromatic heterocycles. The van der Waals surface area contributed by atoms with Gasteiger partial charge in [0.15, 0.2) is 0 Å². The molecular formula is C22H29N5O4S2. The maximum atomic E-state index is 13.0. The largest absolute Gasteiger partial charge is 0.367 e. The van der Waals surface area contributed by atoms with Gasteiger partial charge in [-0.05, 0) is 50.2 Å². The summed E-state index contributed by atoms with van der Waals surface area (Å²) in [6.45, 7) is 4.64. The molecule has 0 saturated heterocycles. The molecule has 9 nitrogen and oxygen atoms in total. The molecule has 178 valence electrons. The molecule has 33 heavy (non-hydrogen) atoms. The summed E-state index contributed by atoms with van der Waals surface area (Å²) in [5, 5.41) is 0. The lowest BCUT2D eigenvalue weighted by molar-refractivity contribution is 0.520. The highest BCUT2D eigenvalue weighted by Gasteiger charge is 2.21. The third-order valence-electron chi connectivity index (χ3n) is 5.12. The van der Waals surface area contributed by atoms with Crippen molar-refractivity contribution < 1.29 is 16.8 Å². The summed E-state index contributed by atoms with van der Waals surface area (Å²) in [5.74, 6) is 0. The van der Waals surface area contributed by atoms with Gasteiger partial charge in [-0.1, -0.05) is 12.1 Å². The van der Waals surface area contributed by atoms with Crippen LogP contribution in [0.1, 0.15) is 25.6 Å². The van der Waals surface area contributed by atoms with Crippen LogP contribution >= 0.6 is 0 Å². The molecule has 0 atom stereocenters. The fourth-order valence-electron chi connectivity index (χ4n) is 3.17. The van der Waals surface area contributed by atoms with Crippen molar-refractivity contribution in [3.63, 3.8) is 0 Å². The van der Waals surface area contributed by atoms with Crippen molar-refractivity contribution in [2.24, 2.45) is 0 Å². The monoisotopic (exact) mass is 491 g/mol. The summed E-state index contributed by atoms with van der Waals surface area (Å²) in [6.07, 6.45) is 3.75. The second-order valence-corrected chi connectivity index (χ2v) is 12.0. The first-order chi connectivity index (χ1) is 15.4. The van der Waals surface area contributed by atoms with Crippen LogP contribution in [0.4, 0.5) is 11.4 Å². The van der Waals surface area contributed by atoms with Crippen molar-refractivity contribution in [3.05, 3.63) is 66.7 Å². The Kier molecular flexibility index (Phi) is 7.15. The minimum Gasteiger partial charge on any atom is -0.367 e. The summed E-state index contributed by atoms with van der Waals surface area (Å²) in [7, 11) is -2.88. The van der Waals surface area contributed by atoms with Gasteiger partial charge >= 0.3 is 0 Å². The highest BCUT2D eigenvalue weighted by molar-refractivity contribution is 7.92. The minimum absolute atomic E-state index is 0.0208. The molecule has 1 N–H and O–H groups in total. The number of rotatable bonds is 9. The van der Waals surface area contributed by atoms with Gasteiger partial charge in [0.1, 0.15) is 0 Å². The van der Waals surface area contributed by atoms with Gasteiger partial charge in [-0.2, -0.15) is 0 Å². The van der Waals surface area contributed by atoms with Crippen LogP contribution < -0.4 is 9.62 Å². The van der Waals surface area contributed by atoms with Crippen LogP contribution in [-0.4, -0.2) is 51.8 Å². The second-order valence-electron chi connectivity index (χ2n) is 8.14. The summed E-state index contributed by atoms with van der Waals surface area (Å²) >= 11 is 0. The number of nitrogens with zero attached hydrogens (tertiary/aromatic N) is 4. The zero-order valence-corrected chi connectivity index (χ0v) is 20.9. The van der Waals surface area contributed by atoms with Crippen molar-refractivity contribution in [2.75, 3.05) is 30.8 Å². The van der Waals surface area contributed by atoms with Crippen LogP contribution in [-0.2, 0) is 26.6 Å². The summed E-state index contributed by atoms with van der Waals surface area (Å²) in [4.78, 5) is 6.33. The zero-order chi connectivity index (χ0) is 24.4. The normalized spacial score (nSPS) is 12.3. The molecule has 0 aliphatic carbocycles. The van der Waals surface area contributed by atoms with Crippen molar-refractivity contribution in [3.8, 4) is 0 Å². The lowest BCUT2D eigenvalue weighted by Crippen LogP contribution is -2.22. The molecular weight excluding hydrogens is 462 g/mol. The molecule has 0 aliphatic heterocycles. The lowest BCUT2D eigenvalue weighted by Gasteiger charge is -2.22. The Morgan fingerprint density at radius 3 is 2.12 bits per heavy atom. The predicted octanol–water partition coefficient (Wildman–Crippen LogP) is 3.15. The highest BCUT2D eigenvalue weighted by atomic mass is 32.2. The standard InChI is InChI=1S/C22H29N5O4S2/c1-17(2)27-15-18(23-16-27)14-26(5)22-9-7-6-8-21(22)24-32(28,29)19-10-12-20(13-11-19)33(30,31)25(3)4/h6-13,15-17,24H,14H2,1-5H3. The third kappa shape index (κ3) is 5.55. The average molecular weight is 492 g/mol. The number of para-hydroxylation sites is 2. The SMILES string of the molecule is CC(C)n1cnc(CN(C)c2ccccc2NS(=O)(=O)c2ccc(S(=O)(=O)N(C)C)cc2)c1. The lowest BCUT2D eigenvalue weighted by atomic mass is 10.2. The summed E-state index contributed by atoms with van der Waals surface area (Å²) in [5.41, 5.74) is 1.96. The highest BCUT2D eigenvalue weighted by Crippen LogP contribution is 2.28. The summed E-state index contributed by atoms with van der Waals surface area (Å²) in [6, 6.07) is 12.5. The Balaban J connectivity index is 1.83. The van der Waals surface area contributed by atoms with Gasteiger partial charge in [0.25, 0.3) is 10.0 Å². The van der Waals surface area contributed by atoms with Crippen molar-refractivity contribution in [1.29, 1.82) is 0 Å². The van der Waals surface area contributed by atoms with Crippen LogP contribution in [0.3, 0.4) is 0 Å². The molecule has 1 heterocycles. The summed E-state index contributed by atoms with van der Waals surface area (Å²) < 4.78 is 56.2. The van der Waals surface area contributed by atoms with Crippen LogP contribution in [0.5, 0.6) is 0 Å². The molecule has 0 radical (unpaired) electrons. The fraction of sp³-hybridized carbons (Fsp3) is 0.318. The third-order valence-corrected chi connectivity index (χ3v) is 8.33. The molecule has 3 rings (SSSR count). The van der Waals surface area contributed by atoms with Crippen molar-refractivity contribution >= 4 is 31.4 Å². The Bertz CT molecular complexity index is 1310. The molecule has 11 heteroatoms. The molecule has 0 aliphatic rings. The number of anilines is 2. The van der Waals surface area contributed by atoms with E-state index in [9.17, 15) is 16.8 Å². The predicted molar refractivity (Wildman–Crippen MR) is 129 cm³/mol. The molecule has 0 fully saturated rings. The van der Waals surface area contributed by atoms with E-state index in [2.05, 4.69) is 23.6 Å². The van der Waals surface area contributed by atoms with E-state index in [1.54, 1.807) is 18.5 Å². The van der Waals surface area contributed by atoms with E-state index >= 15 is 0 Å². The van der Waals surface area contributed by atoms with Gasteiger partial charge in [-0.15, -0.1) is 0 Å². The first-order valence-electron chi connectivity index (χ1n) is 10.3. The van der Waals surface area contributed by atoms with E-state index < -0.39 is 20.0 Å². The molecule has 0 unspecified atom stereocenters. The van der Waals surface area contributed by atoms with E-state index in [0.29, 0.717) is 24.0 Å². The van der Waals surface area contributed by atoms with E-state index in [4.69, 9.17) is 0 Å². The number of hydrogen-bond acceptors (Lipinski definition) is 6. The number of hydrogen-bond donors (Lipinski definition) is 1. The van der Waals surface area contributed by atoms with E-state index in [1.165, 1.54) is 38.4 Å². The number of aromatic nitrogens is 2. The minimum atomic E-state index is -3.94.